The number of aliphatic imine (C=N–C) groups is 1. The van der Waals surface area contributed by atoms with Crippen molar-refractivity contribution in [3.63, 3.8) is 0 Å². The van der Waals surface area contributed by atoms with Gasteiger partial charge in [-0.05, 0) is 60.5 Å². The van der Waals surface area contributed by atoms with Gasteiger partial charge in [-0.2, -0.15) is 0 Å². The standard InChI is InChI=1S/C28H28BrClN2O4/c1-19-28(17-22-5-2-3-6-25(22)29,27(34)31-18-20-7-11-23(30)12-8-20)32-26(36-19)21-9-13-24(14-10-21)35-16-4-15-33/h2-3,5-14,19,33H,4,15-18H2,1H3,(H,31,34)/t19-,28-/m1/s1. The molecule has 0 aliphatic carbocycles. The van der Waals surface area contributed by atoms with Gasteiger partial charge in [0.05, 0.1) is 6.61 Å². The molecule has 2 N–H and O–H groups in total. The van der Waals surface area contributed by atoms with Crippen LogP contribution in [0.5, 0.6) is 5.75 Å². The van der Waals surface area contributed by atoms with Crippen LogP contribution < -0.4 is 10.1 Å². The number of hydrogen-bond donors (Lipinski definition) is 2. The highest BCUT2D eigenvalue weighted by molar-refractivity contribution is 9.10. The Morgan fingerprint density at radius 1 is 1.14 bits per heavy atom. The maximum Gasteiger partial charge on any atom is 0.252 e. The molecule has 8 heteroatoms. The maximum atomic E-state index is 13.7. The first-order valence-corrected chi connectivity index (χ1v) is 12.9. The van der Waals surface area contributed by atoms with Crippen LogP contribution in [0.15, 0.2) is 82.3 Å². The summed E-state index contributed by atoms with van der Waals surface area (Å²) in [6.07, 6.45) is 0.441. The third-order valence-electron chi connectivity index (χ3n) is 6.11. The van der Waals surface area contributed by atoms with Crippen molar-refractivity contribution in [1.82, 2.24) is 5.32 Å². The van der Waals surface area contributed by atoms with Gasteiger partial charge in [-0.3, -0.25) is 4.79 Å². The summed E-state index contributed by atoms with van der Waals surface area (Å²) in [7, 11) is 0. The molecule has 0 aromatic heterocycles. The fourth-order valence-corrected chi connectivity index (χ4v) is 4.56. The number of nitrogens with one attached hydrogen (secondary N) is 1. The van der Waals surface area contributed by atoms with Crippen molar-refractivity contribution in [1.29, 1.82) is 0 Å². The van der Waals surface area contributed by atoms with Crippen molar-refractivity contribution in [2.45, 2.75) is 38.0 Å². The highest BCUT2D eigenvalue weighted by Gasteiger charge is 2.50. The molecule has 1 heterocycles. The number of aliphatic hydroxyl groups excluding tert-OH is 1. The second kappa shape index (κ2) is 11.9. The van der Waals surface area contributed by atoms with E-state index in [1.807, 2.05) is 67.6 Å². The Hall–Kier alpha value is -2.87. The van der Waals surface area contributed by atoms with Crippen LogP contribution in [-0.4, -0.2) is 41.8 Å². The topological polar surface area (TPSA) is 80.2 Å². The van der Waals surface area contributed by atoms with Crippen LogP contribution in [0.1, 0.15) is 30.0 Å². The zero-order chi connectivity index (χ0) is 25.5. The number of halogens is 2. The van der Waals surface area contributed by atoms with E-state index >= 15 is 0 Å². The predicted molar refractivity (Wildman–Crippen MR) is 145 cm³/mol. The molecule has 1 aliphatic rings. The van der Waals surface area contributed by atoms with Gasteiger partial charge in [-0.1, -0.05) is 57.9 Å². The van der Waals surface area contributed by atoms with Gasteiger partial charge < -0.3 is 19.9 Å². The van der Waals surface area contributed by atoms with Gasteiger partial charge in [0.2, 0.25) is 5.90 Å². The lowest BCUT2D eigenvalue weighted by molar-refractivity contribution is -0.128. The Morgan fingerprint density at radius 2 is 1.86 bits per heavy atom. The van der Waals surface area contributed by atoms with Crippen LogP contribution in [0.3, 0.4) is 0 Å². The van der Waals surface area contributed by atoms with E-state index in [0.717, 1.165) is 21.2 Å². The van der Waals surface area contributed by atoms with Gasteiger partial charge in [-0.25, -0.2) is 4.99 Å². The van der Waals surface area contributed by atoms with Crippen molar-refractivity contribution < 1.29 is 19.4 Å². The molecule has 1 aliphatic heterocycles. The van der Waals surface area contributed by atoms with Gasteiger partial charge in [0, 0.05) is 41.1 Å². The minimum absolute atomic E-state index is 0.0836. The Kier molecular flexibility index (Phi) is 8.67. The van der Waals surface area contributed by atoms with Gasteiger partial charge in [-0.15, -0.1) is 0 Å². The number of aliphatic hydroxyl groups is 1. The number of nitrogens with zero attached hydrogens (tertiary/aromatic N) is 1. The fraction of sp³-hybridized carbons (Fsp3) is 0.286. The minimum atomic E-state index is -1.15. The smallest absolute Gasteiger partial charge is 0.252 e. The Morgan fingerprint density at radius 3 is 2.56 bits per heavy atom. The van der Waals surface area contributed by atoms with Gasteiger partial charge in [0.1, 0.15) is 11.9 Å². The molecule has 0 radical (unpaired) electrons. The zero-order valence-electron chi connectivity index (χ0n) is 19.9. The Labute approximate surface area is 224 Å². The average Bonchev–Trinajstić information content (AvgIpc) is 3.22. The SMILES string of the molecule is C[C@H]1OC(c2ccc(OCCCO)cc2)=N[C@@]1(Cc1ccccc1Br)C(=O)NCc1ccc(Cl)cc1. The number of rotatable bonds is 10. The van der Waals surface area contributed by atoms with Crippen LogP contribution >= 0.6 is 27.5 Å². The van der Waals surface area contributed by atoms with E-state index in [-0.39, 0.29) is 12.5 Å². The van der Waals surface area contributed by atoms with E-state index in [9.17, 15) is 4.79 Å². The summed E-state index contributed by atoms with van der Waals surface area (Å²) in [5.74, 6) is 0.900. The Bertz CT molecular complexity index is 1220. The van der Waals surface area contributed by atoms with Crippen LogP contribution in [0.4, 0.5) is 0 Å². The second-order valence-corrected chi connectivity index (χ2v) is 9.92. The van der Waals surface area contributed by atoms with Gasteiger partial charge >= 0.3 is 0 Å². The first-order chi connectivity index (χ1) is 17.4. The molecular formula is C28H28BrClN2O4. The lowest BCUT2D eigenvalue weighted by atomic mass is 9.86. The minimum Gasteiger partial charge on any atom is -0.494 e. The number of carbonyl (C=O) groups is 1. The molecule has 0 saturated carbocycles. The third-order valence-corrected chi connectivity index (χ3v) is 7.14. The molecule has 2 atom stereocenters. The lowest BCUT2D eigenvalue weighted by Crippen LogP contribution is -2.52. The number of benzene rings is 3. The first-order valence-electron chi connectivity index (χ1n) is 11.8. The largest absolute Gasteiger partial charge is 0.494 e. The summed E-state index contributed by atoms with van der Waals surface area (Å²) in [5, 5.41) is 12.6. The van der Waals surface area contributed by atoms with Crippen molar-refractivity contribution in [3.8, 4) is 5.75 Å². The number of hydrogen-bond acceptors (Lipinski definition) is 5. The average molecular weight is 572 g/mol. The van der Waals surface area contributed by atoms with Crippen LogP contribution in [0.2, 0.25) is 5.02 Å². The highest BCUT2D eigenvalue weighted by atomic mass is 79.9. The number of ether oxygens (including phenoxy) is 2. The second-order valence-electron chi connectivity index (χ2n) is 8.63. The molecule has 0 fully saturated rings. The lowest BCUT2D eigenvalue weighted by Gasteiger charge is -2.28. The number of carbonyl (C=O) groups excluding carboxylic acids is 1. The molecule has 36 heavy (non-hydrogen) atoms. The van der Waals surface area contributed by atoms with E-state index in [1.165, 1.54) is 0 Å². The molecule has 0 unspecified atom stereocenters. The summed E-state index contributed by atoms with van der Waals surface area (Å²) in [6.45, 7) is 2.75. The molecule has 0 saturated heterocycles. The first kappa shape index (κ1) is 26.2. The molecule has 4 rings (SSSR count). The van der Waals surface area contributed by atoms with Crippen LogP contribution in [-0.2, 0) is 22.5 Å². The zero-order valence-corrected chi connectivity index (χ0v) is 22.3. The fourth-order valence-electron chi connectivity index (χ4n) is 4.01. The van der Waals surface area contributed by atoms with E-state index in [2.05, 4.69) is 21.2 Å². The molecule has 0 spiro atoms. The van der Waals surface area contributed by atoms with E-state index in [4.69, 9.17) is 31.2 Å². The normalized spacial score (nSPS) is 18.9. The quantitative estimate of drug-likeness (QED) is 0.323. The van der Waals surface area contributed by atoms with Crippen molar-refractivity contribution in [3.05, 3.63) is 99.0 Å². The molecule has 3 aromatic carbocycles. The molecule has 3 aromatic rings. The summed E-state index contributed by atoms with van der Waals surface area (Å²) >= 11 is 9.61. The molecule has 1 amide bonds. The summed E-state index contributed by atoms with van der Waals surface area (Å²) in [4.78, 5) is 18.6. The molecule has 188 valence electrons. The number of amides is 1. The predicted octanol–water partition coefficient (Wildman–Crippen LogP) is 5.33. The highest BCUT2D eigenvalue weighted by Crippen LogP contribution is 2.34. The molecular weight excluding hydrogens is 544 g/mol. The summed E-state index contributed by atoms with van der Waals surface area (Å²) < 4.78 is 12.7. The van der Waals surface area contributed by atoms with E-state index < -0.39 is 11.6 Å². The van der Waals surface area contributed by atoms with Crippen molar-refractivity contribution in [2.75, 3.05) is 13.2 Å². The summed E-state index contributed by atoms with van der Waals surface area (Å²) in [6, 6.07) is 22.6. The van der Waals surface area contributed by atoms with Crippen molar-refractivity contribution >= 4 is 39.3 Å². The van der Waals surface area contributed by atoms with E-state index in [0.29, 0.717) is 42.7 Å². The van der Waals surface area contributed by atoms with Gasteiger partial charge in [0.15, 0.2) is 5.54 Å². The molecule has 0 bridgehead atoms. The summed E-state index contributed by atoms with van der Waals surface area (Å²) in [5.41, 5.74) is 1.52. The van der Waals surface area contributed by atoms with E-state index in [1.54, 1.807) is 12.1 Å². The monoisotopic (exact) mass is 570 g/mol. The molecule has 6 nitrogen and oxygen atoms in total. The van der Waals surface area contributed by atoms with Gasteiger partial charge in [0.25, 0.3) is 5.91 Å². The third kappa shape index (κ3) is 6.09. The Balaban J connectivity index is 1.61. The van der Waals surface area contributed by atoms with Crippen LogP contribution in [0.25, 0.3) is 0 Å². The maximum absolute atomic E-state index is 13.7. The van der Waals surface area contributed by atoms with Crippen molar-refractivity contribution in [2.24, 2.45) is 4.99 Å². The van der Waals surface area contributed by atoms with Crippen LogP contribution in [0, 0.1) is 0 Å².